The highest BCUT2D eigenvalue weighted by Gasteiger charge is 2.05. The number of benzene rings is 1. The second-order valence-electron chi connectivity index (χ2n) is 3.65. The van der Waals surface area contributed by atoms with Gasteiger partial charge in [0.05, 0.1) is 13.2 Å². The first-order valence-electron chi connectivity index (χ1n) is 5.43. The van der Waals surface area contributed by atoms with Gasteiger partial charge in [-0.25, -0.2) is 0 Å². The van der Waals surface area contributed by atoms with E-state index >= 15 is 0 Å². The molecule has 0 unspecified atom stereocenters. The number of aryl methyl sites for hydroxylation is 1. The van der Waals surface area contributed by atoms with Crippen LogP contribution in [0.4, 0.5) is 0 Å². The molecule has 0 amide bonds. The van der Waals surface area contributed by atoms with Gasteiger partial charge in [-0.1, -0.05) is 31.5 Å². The van der Waals surface area contributed by atoms with Gasteiger partial charge >= 0.3 is 0 Å². The lowest BCUT2D eigenvalue weighted by Gasteiger charge is -2.12. The van der Waals surface area contributed by atoms with E-state index in [1.165, 1.54) is 5.56 Å². The largest absolute Gasteiger partial charge is 0.493 e. The number of unbranched alkanes of at least 4 members (excludes halogenated alkanes) is 1. The molecule has 0 atom stereocenters. The van der Waals surface area contributed by atoms with Gasteiger partial charge in [-0.05, 0) is 25.6 Å². The van der Waals surface area contributed by atoms with Gasteiger partial charge in [-0.3, -0.25) is 4.99 Å². The van der Waals surface area contributed by atoms with Crippen LogP contribution in [0.3, 0.4) is 0 Å². The maximum atomic E-state index is 5.77. The maximum Gasteiger partial charge on any atom is 0.127 e. The number of rotatable bonds is 6. The quantitative estimate of drug-likeness (QED) is 0.515. The van der Waals surface area contributed by atoms with Gasteiger partial charge in [0.1, 0.15) is 5.75 Å². The van der Waals surface area contributed by atoms with Crippen molar-refractivity contribution in [3.05, 3.63) is 29.3 Å². The van der Waals surface area contributed by atoms with E-state index in [0.717, 1.165) is 30.8 Å². The summed E-state index contributed by atoms with van der Waals surface area (Å²) in [5.74, 6) is 0.985. The van der Waals surface area contributed by atoms with Crippen LogP contribution in [0.15, 0.2) is 23.2 Å². The molecule has 0 radical (unpaired) electrons. The van der Waals surface area contributed by atoms with Crippen LogP contribution >= 0.6 is 0 Å². The number of para-hydroxylation sites is 1. The molecule has 2 nitrogen and oxygen atoms in total. The Morgan fingerprint density at radius 2 is 2.20 bits per heavy atom. The van der Waals surface area contributed by atoms with Gasteiger partial charge in [-0.2, -0.15) is 0 Å². The molecule has 0 aromatic heterocycles. The van der Waals surface area contributed by atoms with Crippen molar-refractivity contribution < 1.29 is 4.74 Å². The topological polar surface area (TPSA) is 21.6 Å². The van der Waals surface area contributed by atoms with Crippen molar-refractivity contribution in [3.8, 4) is 5.75 Å². The van der Waals surface area contributed by atoms with Crippen molar-refractivity contribution in [2.24, 2.45) is 4.99 Å². The van der Waals surface area contributed by atoms with E-state index in [2.05, 4.69) is 31.6 Å². The van der Waals surface area contributed by atoms with Crippen LogP contribution in [-0.2, 0) is 6.54 Å². The number of ether oxygens (including phenoxy) is 1. The first kappa shape index (κ1) is 11.8. The standard InChI is InChI=1S/C13H19NO/c1-4-5-9-15-13-11(2)7-6-8-12(13)10-14-3/h6-8H,3-5,9-10H2,1-2H3. The van der Waals surface area contributed by atoms with Crippen LogP contribution in [0, 0.1) is 6.92 Å². The van der Waals surface area contributed by atoms with E-state index in [1.807, 2.05) is 12.1 Å². The molecule has 0 spiro atoms. The lowest BCUT2D eigenvalue weighted by molar-refractivity contribution is 0.304. The van der Waals surface area contributed by atoms with Crippen LogP contribution in [0.25, 0.3) is 0 Å². The Bertz CT molecular complexity index is 320. The van der Waals surface area contributed by atoms with E-state index in [9.17, 15) is 0 Å². The van der Waals surface area contributed by atoms with Crippen LogP contribution in [-0.4, -0.2) is 13.3 Å². The fraction of sp³-hybridized carbons (Fsp3) is 0.462. The summed E-state index contributed by atoms with van der Waals surface area (Å²) >= 11 is 0. The predicted octanol–water partition coefficient (Wildman–Crippen LogP) is 3.37. The van der Waals surface area contributed by atoms with E-state index in [4.69, 9.17) is 4.74 Å². The van der Waals surface area contributed by atoms with Crippen molar-refractivity contribution in [2.75, 3.05) is 6.61 Å². The molecular formula is C13H19NO. The Hall–Kier alpha value is -1.31. The predicted molar refractivity (Wildman–Crippen MR) is 64.8 cm³/mol. The average molecular weight is 205 g/mol. The summed E-state index contributed by atoms with van der Waals surface area (Å²) in [5.41, 5.74) is 2.30. The van der Waals surface area contributed by atoms with Crippen LogP contribution < -0.4 is 4.74 Å². The first-order chi connectivity index (χ1) is 7.29. The summed E-state index contributed by atoms with van der Waals surface area (Å²) in [4.78, 5) is 3.91. The zero-order valence-electron chi connectivity index (χ0n) is 9.62. The summed E-state index contributed by atoms with van der Waals surface area (Å²) < 4.78 is 5.77. The number of aliphatic imine (C=N–C) groups is 1. The Kier molecular flexibility index (Phi) is 4.88. The molecule has 0 saturated carbocycles. The van der Waals surface area contributed by atoms with Gasteiger partial charge in [0.15, 0.2) is 0 Å². The smallest absolute Gasteiger partial charge is 0.127 e. The fourth-order valence-corrected chi connectivity index (χ4v) is 1.48. The van der Waals surface area contributed by atoms with Gasteiger partial charge in [0.25, 0.3) is 0 Å². The third-order valence-electron chi connectivity index (χ3n) is 2.32. The summed E-state index contributed by atoms with van der Waals surface area (Å²) in [6, 6.07) is 6.14. The minimum atomic E-state index is 0.628. The van der Waals surface area contributed by atoms with E-state index in [0.29, 0.717) is 6.54 Å². The number of nitrogens with zero attached hydrogens (tertiary/aromatic N) is 1. The molecule has 0 bridgehead atoms. The molecule has 1 aromatic rings. The zero-order chi connectivity index (χ0) is 11.1. The molecule has 2 heteroatoms. The summed E-state index contributed by atoms with van der Waals surface area (Å²) in [6.07, 6.45) is 2.25. The highest BCUT2D eigenvalue weighted by molar-refractivity contribution is 5.41. The molecule has 0 fully saturated rings. The lowest BCUT2D eigenvalue weighted by Crippen LogP contribution is -2.01. The fourth-order valence-electron chi connectivity index (χ4n) is 1.48. The molecule has 0 saturated heterocycles. The minimum Gasteiger partial charge on any atom is -0.493 e. The number of hydrogen-bond donors (Lipinski definition) is 0. The Morgan fingerprint density at radius 3 is 2.87 bits per heavy atom. The molecule has 0 aliphatic heterocycles. The average Bonchev–Trinajstić information content (AvgIpc) is 2.23. The second kappa shape index (κ2) is 6.23. The SMILES string of the molecule is C=NCc1cccc(C)c1OCCCC. The summed E-state index contributed by atoms with van der Waals surface area (Å²) in [7, 11) is 0. The van der Waals surface area contributed by atoms with E-state index in [-0.39, 0.29) is 0 Å². The maximum absolute atomic E-state index is 5.77. The highest BCUT2D eigenvalue weighted by atomic mass is 16.5. The normalized spacial score (nSPS) is 10.0. The first-order valence-corrected chi connectivity index (χ1v) is 5.43. The Labute approximate surface area is 92.0 Å². The molecule has 0 aliphatic rings. The number of hydrogen-bond acceptors (Lipinski definition) is 2. The van der Waals surface area contributed by atoms with Crippen LogP contribution in [0.5, 0.6) is 5.75 Å². The van der Waals surface area contributed by atoms with Crippen molar-refractivity contribution in [1.82, 2.24) is 0 Å². The molecular weight excluding hydrogens is 186 g/mol. The zero-order valence-corrected chi connectivity index (χ0v) is 9.62. The van der Waals surface area contributed by atoms with Crippen molar-refractivity contribution in [2.45, 2.75) is 33.2 Å². The summed E-state index contributed by atoms with van der Waals surface area (Å²) in [6.45, 7) is 9.15. The molecule has 15 heavy (non-hydrogen) atoms. The molecule has 0 heterocycles. The Balaban J connectivity index is 2.77. The second-order valence-corrected chi connectivity index (χ2v) is 3.65. The third kappa shape index (κ3) is 3.39. The minimum absolute atomic E-state index is 0.628. The van der Waals surface area contributed by atoms with Gasteiger partial charge in [0, 0.05) is 5.56 Å². The summed E-state index contributed by atoms with van der Waals surface area (Å²) in [5, 5.41) is 0. The third-order valence-corrected chi connectivity index (χ3v) is 2.32. The van der Waals surface area contributed by atoms with E-state index < -0.39 is 0 Å². The van der Waals surface area contributed by atoms with Gasteiger partial charge < -0.3 is 4.74 Å². The molecule has 0 aliphatic carbocycles. The van der Waals surface area contributed by atoms with Crippen molar-refractivity contribution in [1.29, 1.82) is 0 Å². The Morgan fingerprint density at radius 1 is 1.40 bits per heavy atom. The molecule has 0 N–H and O–H groups in total. The van der Waals surface area contributed by atoms with Crippen LogP contribution in [0.1, 0.15) is 30.9 Å². The van der Waals surface area contributed by atoms with Crippen LogP contribution in [0.2, 0.25) is 0 Å². The van der Waals surface area contributed by atoms with Crippen molar-refractivity contribution in [3.63, 3.8) is 0 Å². The molecule has 1 rings (SSSR count). The monoisotopic (exact) mass is 205 g/mol. The highest BCUT2D eigenvalue weighted by Crippen LogP contribution is 2.24. The lowest BCUT2D eigenvalue weighted by atomic mass is 10.1. The van der Waals surface area contributed by atoms with Gasteiger partial charge in [0.2, 0.25) is 0 Å². The molecule has 82 valence electrons. The van der Waals surface area contributed by atoms with Crippen molar-refractivity contribution >= 4 is 6.72 Å². The molecule has 1 aromatic carbocycles. The van der Waals surface area contributed by atoms with E-state index in [1.54, 1.807) is 0 Å². The van der Waals surface area contributed by atoms with Gasteiger partial charge in [-0.15, -0.1) is 0 Å².